The van der Waals surface area contributed by atoms with Crippen molar-refractivity contribution < 1.29 is 48.7 Å². The standard InChI is InChI=1S/C21H11F10NO/c1-5-4-8(33)6(2)3-7(5)20(9-10(22)12(24)14(26)13(25)11(9)23)32-21-18(30)16(28)15(27)17(29)19(21)31/h4,7,20,32H,2-3H2,1H3/t7-,20-/m0/s1. The van der Waals surface area contributed by atoms with E-state index in [9.17, 15) is 48.7 Å². The van der Waals surface area contributed by atoms with E-state index in [0.717, 1.165) is 6.08 Å². The highest BCUT2D eigenvalue weighted by atomic mass is 19.2. The maximum atomic E-state index is 14.6. The third-order valence-corrected chi connectivity index (χ3v) is 5.23. The predicted molar refractivity (Wildman–Crippen MR) is 94.8 cm³/mol. The highest BCUT2D eigenvalue weighted by molar-refractivity contribution is 6.05. The van der Waals surface area contributed by atoms with E-state index in [2.05, 4.69) is 6.58 Å². The van der Waals surface area contributed by atoms with Crippen LogP contribution in [0, 0.1) is 64.1 Å². The molecule has 0 spiro atoms. The number of allylic oxidation sites excluding steroid dienone is 2. The zero-order valence-corrected chi connectivity index (χ0v) is 16.3. The second-order valence-corrected chi connectivity index (χ2v) is 7.22. The van der Waals surface area contributed by atoms with Gasteiger partial charge in [0.1, 0.15) is 5.69 Å². The summed E-state index contributed by atoms with van der Waals surface area (Å²) in [4.78, 5) is 11.8. The first-order valence-corrected chi connectivity index (χ1v) is 8.99. The van der Waals surface area contributed by atoms with Gasteiger partial charge in [0.15, 0.2) is 52.3 Å². The van der Waals surface area contributed by atoms with Crippen LogP contribution >= 0.6 is 0 Å². The van der Waals surface area contributed by atoms with Crippen LogP contribution in [0.2, 0.25) is 0 Å². The number of hydrogen-bond acceptors (Lipinski definition) is 2. The minimum atomic E-state index is -2.53. The zero-order chi connectivity index (χ0) is 24.9. The predicted octanol–water partition coefficient (Wildman–Crippen LogP) is 6.32. The van der Waals surface area contributed by atoms with E-state index in [-0.39, 0.29) is 11.1 Å². The van der Waals surface area contributed by atoms with Crippen molar-refractivity contribution in [3.8, 4) is 0 Å². The van der Waals surface area contributed by atoms with Crippen LogP contribution in [-0.4, -0.2) is 5.78 Å². The number of benzene rings is 2. The van der Waals surface area contributed by atoms with Crippen LogP contribution < -0.4 is 5.32 Å². The minimum Gasteiger partial charge on any atom is -0.372 e. The number of hydrogen-bond donors (Lipinski definition) is 1. The molecule has 2 nitrogen and oxygen atoms in total. The van der Waals surface area contributed by atoms with Gasteiger partial charge in [-0.3, -0.25) is 4.79 Å². The second kappa shape index (κ2) is 8.56. The Bertz CT molecular complexity index is 1180. The fourth-order valence-electron chi connectivity index (χ4n) is 3.48. The molecule has 0 radical (unpaired) electrons. The maximum Gasteiger partial charge on any atom is 0.200 e. The van der Waals surface area contributed by atoms with Gasteiger partial charge in [-0.05, 0) is 25.0 Å². The molecule has 0 fully saturated rings. The lowest BCUT2D eigenvalue weighted by Crippen LogP contribution is -2.30. The van der Waals surface area contributed by atoms with Crippen LogP contribution in [-0.2, 0) is 4.79 Å². The number of nitrogens with one attached hydrogen (secondary N) is 1. The van der Waals surface area contributed by atoms with Gasteiger partial charge in [-0.25, -0.2) is 43.9 Å². The Labute approximate surface area is 179 Å². The normalized spacial score (nSPS) is 17.3. The van der Waals surface area contributed by atoms with Crippen molar-refractivity contribution in [3.63, 3.8) is 0 Å². The lowest BCUT2D eigenvalue weighted by molar-refractivity contribution is -0.111. The Hall–Kier alpha value is -3.31. The average molecular weight is 483 g/mol. The molecule has 0 heterocycles. The number of carbonyl (C=O) groups excluding carboxylic acids is 1. The van der Waals surface area contributed by atoms with Crippen molar-refractivity contribution >= 4 is 11.5 Å². The first-order valence-electron chi connectivity index (χ1n) is 8.99. The summed E-state index contributed by atoms with van der Waals surface area (Å²) >= 11 is 0. The van der Waals surface area contributed by atoms with Crippen molar-refractivity contribution in [2.24, 2.45) is 5.92 Å². The van der Waals surface area contributed by atoms with Gasteiger partial charge in [0.05, 0.1) is 11.6 Å². The van der Waals surface area contributed by atoms with Crippen LogP contribution in [0.4, 0.5) is 49.6 Å². The summed E-state index contributed by atoms with van der Waals surface area (Å²) in [5.41, 5.74) is -3.64. The van der Waals surface area contributed by atoms with Gasteiger partial charge in [-0.1, -0.05) is 12.2 Å². The average Bonchev–Trinajstić information content (AvgIpc) is 2.78. The Morgan fingerprint density at radius 1 is 0.758 bits per heavy atom. The summed E-state index contributed by atoms with van der Waals surface area (Å²) in [6.07, 6.45) is 0.406. The van der Waals surface area contributed by atoms with E-state index in [4.69, 9.17) is 0 Å². The summed E-state index contributed by atoms with van der Waals surface area (Å²) in [7, 11) is 0. The van der Waals surface area contributed by atoms with Crippen LogP contribution in [0.25, 0.3) is 0 Å². The van der Waals surface area contributed by atoms with E-state index in [1.165, 1.54) is 6.92 Å². The smallest absolute Gasteiger partial charge is 0.200 e. The summed E-state index contributed by atoms with van der Waals surface area (Å²) in [6, 6.07) is -2.27. The Morgan fingerprint density at radius 2 is 1.15 bits per heavy atom. The molecule has 2 aromatic carbocycles. The molecule has 176 valence electrons. The lowest BCUT2D eigenvalue weighted by Gasteiger charge is -2.33. The monoisotopic (exact) mass is 483 g/mol. The molecular formula is C21H11F10NO. The van der Waals surface area contributed by atoms with E-state index in [1.54, 1.807) is 5.32 Å². The first-order chi connectivity index (χ1) is 15.3. The third-order valence-electron chi connectivity index (χ3n) is 5.23. The van der Waals surface area contributed by atoms with Gasteiger partial charge in [-0.15, -0.1) is 0 Å². The van der Waals surface area contributed by atoms with Gasteiger partial charge in [0, 0.05) is 5.92 Å². The van der Waals surface area contributed by atoms with Crippen LogP contribution in [0.3, 0.4) is 0 Å². The van der Waals surface area contributed by atoms with Crippen molar-refractivity contribution in [1.82, 2.24) is 0 Å². The van der Waals surface area contributed by atoms with Crippen molar-refractivity contribution in [3.05, 3.63) is 87.5 Å². The molecule has 0 saturated heterocycles. The zero-order valence-electron chi connectivity index (χ0n) is 16.3. The molecule has 0 aromatic heterocycles. The summed E-state index contributed by atoms with van der Waals surface area (Å²) in [6.45, 7) is 4.60. The van der Waals surface area contributed by atoms with Gasteiger partial charge >= 0.3 is 0 Å². The van der Waals surface area contributed by atoms with E-state index in [1.807, 2.05) is 0 Å². The molecular weight excluding hydrogens is 472 g/mol. The Morgan fingerprint density at radius 3 is 1.61 bits per heavy atom. The lowest BCUT2D eigenvalue weighted by atomic mass is 9.77. The van der Waals surface area contributed by atoms with Gasteiger partial charge in [0.25, 0.3) is 0 Å². The number of halogens is 10. The Kier molecular flexibility index (Phi) is 6.31. The van der Waals surface area contributed by atoms with E-state index >= 15 is 0 Å². The minimum absolute atomic E-state index is 0.0438. The maximum absolute atomic E-state index is 14.6. The molecule has 1 aliphatic rings. The molecule has 3 rings (SSSR count). The van der Waals surface area contributed by atoms with E-state index in [0.29, 0.717) is 0 Å². The largest absolute Gasteiger partial charge is 0.372 e. The number of ketones is 1. The van der Waals surface area contributed by atoms with Gasteiger partial charge < -0.3 is 5.32 Å². The van der Waals surface area contributed by atoms with Crippen LogP contribution in [0.15, 0.2) is 23.8 Å². The quantitative estimate of drug-likeness (QED) is 0.239. The third kappa shape index (κ3) is 3.87. The summed E-state index contributed by atoms with van der Waals surface area (Å²) < 4.78 is 139. The molecule has 0 unspecified atom stereocenters. The molecule has 1 aliphatic carbocycles. The molecule has 1 N–H and O–H groups in total. The van der Waals surface area contributed by atoms with Gasteiger partial charge in [0.2, 0.25) is 11.6 Å². The molecule has 2 atom stereocenters. The molecule has 0 aliphatic heterocycles. The van der Waals surface area contributed by atoms with Crippen molar-refractivity contribution in [2.45, 2.75) is 19.4 Å². The second-order valence-electron chi connectivity index (χ2n) is 7.22. The molecule has 0 saturated carbocycles. The fourth-order valence-corrected chi connectivity index (χ4v) is 3.48. The highest BCUT2D eigenvalue weighted by Crippen LogP contribution is 2.42. The SMILES string of the molecule is C=C1C[C@H]([C@H](Nc2c(F)c(F)c(F)c(F)c2F)c2c(F)c(F)c(F)c(F)c2F)C(C)=CC1=O. The molecule has 12 heteroatoms. The fraction of sp³-hybridized carbons (Fsp3) is 0.190. The molecule has 33 heavy (non-hydrogen) atoms. The van der Waals surface area contributed by atoms with Crippen LogP contribution in [0.1, 0.15) is 24.9 Å². The Balaban J connectivity index is 2.32. The van der Waals surface area contributed by atoms with E-state index < -0.39 is 93.6 Å². The number of anilines is 1. The summed E-state index contributed by atoms with van der Waals surface area (Å²) in [5.74, 6) is -26.4. The highest BCUT2D eigenvalue weighted by Gasteiger charge is 2.39. The molecule has 0 amide bonds. The van der Waals surface area contributed by atoms with Crippen molar-refractivity contribution in [1.29, 1.82) is 0 Å². The molecule has 0 bridgehead atoms. The van der Waals surface area contributed by atoms with Crippen molar-refractivity contribution in [2.75, 3.05) is 5.32 Å². The van der Waals surface area contributed by atoms with Crippen LogP contribution in [0.5, 0.6) is 0 Å². The molecule has 2 aromatic rings. The number of carbonyl (C=O) groups is 1. The van der Waals surface area contributed by atoms with Gasteiger partial charge in [-0.2, -0.15) is 0 Å². The number of rotatable bonds is 4. The summed E-state index contributed by atoms with van der Waals surface area (Å²) in [5, 5.41) is 1.71. The topological polar surface area (TPSA) is 29.1 Å². The first kappa shape index (κ1) is 24.3.